The van der Waals surface area contributed by atoms with Crippen molar-refractivity contribution in [3.05, 3.63) is 83.4 Å². The van der Waals surface area contributed by atoms with E-state index in [1.54, 1.807) is 36.0 Å². The van der Waals surface area contributed by atoms with Crippen LogP contribution in [0.5, 0.6) is 0 Å². The molecular weight excluding hydrogens is 338 g/mol. The fourth-order valence-electron chi connectivity index (χ4n) is 2.45. The second kappa shape index (κ2) is 7.56. The van der Waals surface area contributed by atoms with Crippen molar-refractivity contribution in [2.45, 2.75) is 4.90 Å². The predicted octanol–water partition coefficient (Wildman–Crippen LogP) is 5.98. The Morgan fingerprint density at radius 3 is 2.29 bits per heavy atom. The van der Waals surface area contributed by atoms with Crippen molar-refractivity contribution < 1.29 is 4.79 Å². The van der Waals surface area contributed by atoms with E-state index in [9.17, 15) is 4.79 Å². The maximum Gasteiger partial charge on any atom is 0.257 e. The Kier molecular flexibility index (Phi) is 5.24. The van der Waals surface area contributed by atoms with Crippen molar-refractivity contribution >= 4 is 35.0 Å². The summed E-state index contributed by atoms with van der Waals surface area (Å²) in [6.07, 6.45) is 2.05. The summed E-state index contributed by atoms with van der Waals surface area (Å²) in [6.45, 7) is 0. The highest BCUT2D eigenvalue weighted by Crippen LogP contribution is 2.30. The van der Waals surface area contributed by atoms with E-state index in [2.05, 4.69) is 29.6 Å². The third kappa shape index (κ3) is 3.64. The number of carbonyl (C=O) groups is 1. The highest BCUT2D eigenvalue weighted by Gasteiger charge is 2.12. The van der Waals surface area contributed by atoms with Gasteiger partial charge in [0.25, 0.3) is 5.91 Å². The van der Waals surface area contributed by atoms with Gasteiger partial charge in [-0.05, 0) is 42.2 Å². The standard InChI is InChI=1S/C20H16ClNOS/c1-24-15-12-10-14(11-13-15)16-6-3-5-9-19(16)22-20(23)17-7-2-4-8-18(17)21/h2-13H,1H3,(H,22,23). The first kappa shape index (κ1) is 16.6. The van der Waals surface area contributed by atoms with Crippen molar-refractivity contribution in [1.82, 2.24) is 0 Å². The zero-order valence-corrected chi connectivity index (χ0v) is 14.7. The van der Waals surface area contributed by atoms with Crippen LogP contribution in [-0.4, -0.2) is 12.2 Å². The minimum absolute atomic E-state index is 0.214. The SMILES string of the molecule is CSc1ccc(-c2ccccc2NC(=O)c2ccccc2Cl)cc1. The molecular formula is C20H16ClNOS. The molecule has 3 aromatic carbocycles. The maximum absolute atomic E-state index is 12.5. The minimum atomic E-state index is -0.214. The number of amides is 1. The van der Waals surface area contributed by atoms with Gasteiger partial charge in [0.2, 0.25) is 0 Å². The first-order valence-electron chi connectivity index (χ1n) is 7.48. The number of hydrogen-bond acceptors (Lipinski definition) is 2. The van der Waals surface area contributed by atoms with Gasteiger partial charge in [0, 0.05) is 16.1 Å². The summed E-state index contributed by atoms with van der Waals surface area (Å²) in [7, 11) is 0. The Hall–Kier alpha value is -2.23. The van der Waals surface area contributed by atoms with E-state index in [4.69, 9.17) is 11.6 Å². The zero-order chi connectivity index (χ0) is 16.9. The third-order valence-corrected chi connectivity index (χ3v) is 4.77. The van der Waals surface area contributed by atoms with Gasteiger partial charge in [-0.1, -0.05) is 54.1 Å². The lowest BCUT2D eigenvalue weighted by Crippen LogP contribution is -2.13. The number of rotatable bonds is 4. The summed E-state index contributed by atoms with van der Waals surface area (Å²) in [5.41, 5.74) is 3.26. The van der Waals surface area contributed by atoms with Crippen LogP contribution in [0.1, 0.15) is 10.4 Å². The second-order valence-electron chi connectivity index (χ2n) is 5.21. The summed E-state index contributed by atoms with van der Waals surface area (Å²) in [4.78, 5) is 13.7. The van der Waals surface area contributed by atoms with Crippen LogP contribution in [0.25, 0.3) is 11.1 Å². The number of benzene rings is 3. The molecule has 0 saturated heterocycles. The normalized spacial score (nSPS) is 10.4. The first-order valence-corrected chi connectivity index (χ1v) is 9.08. The van der Waals surface area contributed by atoms with Gasteiger partial charge in [0.15, 0.2) is 0 Å². The van der Waals surface area contributed by atoms with E-state index in [1.807, 2.05) is 30.5 Å². The Labute approximate surface area is 150 Å². The van der Waals surface area contributed by atoms with Crippen LogP contribution in [0, 0.1) is 0 Å². The fourth-order valence-corrected chi connectivity index (χ4v) is 3.08. The quantitative estimate of drug-likeness (QED) is 0.584. The average Bonchev–Trinajstić information content (AvgIpc) is 2.62. The van der Waals surface area contributed by atoms with Gasteiger partial charge in [-0.3, -0.25) is 4.79 Å². The Morgan fingerprint density at radius 1 is 0.917 bits per heavy atom. The van der Waals surface area contributed by atoms with E-state index in [0.717, 1.165) is 16.8 Å². The molecule has 0 aliphatic heterocycles. The van der Waals surface area contributed by atoms with E-state index in [-0.39, 0.29) is 5.91 Å². The van der Waals surface area contributed by atoms with E-state index >= 15 is 0 Å². The molecule has 0 radical (unpaired) electrons. The molecule has 0 aliphatic carbocycles. The molecule has 0 atom stereocenters. The van der Waals surface area contributed by atoms with Gasteiger partial charge < -0.3 is 5.32 Å². The summed E-state index contributed by atoms with van der Waals surface area (Å²) in [5, 5.41) is 3.41. The molecule has 0 heterocycles. The van der Waals surface area contributed by atoms with Crippen LogP contribution in [0.2, 0.25) is 5.02 Å². The van der Waals surface area contributed by atoms with E-state index in [1.165, 1.54) is 4.90 Å². The lowest BCUT2D eigenvalue weighted by Gasteiger charge is -2.12. The van der Waals surface area contributed by atoms with Crippen molar-refractivity contribution in [3.63, 3.8) is 0 Å². The molecule has 0 fully saturated rings. The third-order valence-electron chi connectivity index (χ3n) is 3.69. The summed E-state index contributed by atoms with van der Waals surface area (Å²) in [6, 6.07) is 23.1. The molecule has 1 N–H and O–H groups in total. The van der Waals surface area contributed by atoms with E-state index in [0.29, 0.717) is 10.6 Å². The number of thioether (sulfide) groups is 1. The maximum atomic E-state index is 12.5. The van der Waals surface area contributed by atoms with Crippen molar-refractivity contribution in [2.24, 2.45) is 0 Å². The number of anilines is 1. The number of para-hydroxylation sites is 1. The summed E-state index contributed by atoms with van der Waals surface area (Å²) < 4.78 is 0. The van der Waals surface area contributed by atoms with Crippen molar-refractivity contribution in [2.75, 3.05) is 11.6 Å². The number of carbonyl (C=O) groups excluding carboxylic acids is 1. The molecule has 0 spiro atoms. The molecule has 4 heteroatoms. The molecule has 1 amide bonds. The molecule has 3 aromatic rings. The molecule has 0 aromatic heterocycles. The van der Waals surface area contributed by atoms with Crippen LogP contribution >= 0.6 is 23.4 Å². The first-order chi connectivity index (χ1) is 11.7. The fraction of sp³-hybridized carbons (Fsp3) is 0.0500. The lowest BCUT2D eigenvalue weighted by atomic mass is 10.0. The Morgan fingerprint density at radius 2 is 1.58 bits per heavy atom. The van der Waals surface area contributed by atoms with Crippen LogP contribution in [0.4, 0.5) is 5.69 Å². The molecule has 0 saturated carbocycles. The van der Waals surface area contributed by atoms with Crippen molar-refractivity contribution in [3.8, 4) is 11.1 Å². The van der Waals surface area contributed by atoms with Gasteiger partial charge in [0.05, 0.1) is 10.6 Å². The minimum Gasteiger partial charge on any atom is -0.321 e. The molecule has 120 valence electrons. The second-order valence-corrected chi connectivity index (χ2v) is 6.49. The number of nitrogens with one attached hydrogen (secondary N) is 1. The van der Waals surface area contributed by atoms with Crippen LogP contribution in [-0.2, 0) is 0 Å². The van der Waals surface area contributed by atoms with Crippen molar-refractivity contribution in [1.29, 1.82) is 0 Å². The number of halogens is 1. The highest BCUT2D eigenvalue weighted by atomic mass is 35.5. The molecule has 24 heavy (non-hydrogen) atoms. The molecule has 3 rings (SSSR count). The zero-order valence-electron chi connectivity index (χ0n) is 13.1. The van der Waals surface area contributed by atoms with Crippen LogP contribution < -0.4 is 5.32 Å². The average molecular weight is 354 g/mol. The van der Waals surface area contributed by atoms with Crippen LogP contribution in [0.15, 0.2) is 77.7 Å². The molecule has 2 nitrogen and oxygen atoms in total. The number of hydrogen-bond donors (Lipinski definition) is 1. The predicted molar refractivity (Wildman–Crippen MR) is 103 cm³/mol. The van der Waals surface area contributed by atoms with Gasteiger partial charge >= 0.3 is 0 Å². The van der Waals surface area contributed by atoms with Gasteiger partial charge in [-0.2, -0.15) is 0 Å². The molecule has 0 aliphatic rings. The van der Waals surface area contributed by atoms with Crippen LogP contribution in [0.3, 0.4) is 0 Å². The van der Waals surface area contributed by atoms with Gasteiger partial charge in [0.1, 0.15) is 0 Å². The van der Waals surface area contributed by atoms with Gasteiger partial charge in [-0.15, -0.1) is 11.8 Å². The van der Waals surface area contributed by atoms with Gasteiger partial charge in [-0.25, -0.2) is 0 Å². The molecule has 0 bridgehead atoms. The smallest absolute Gasteiger partial charge is 0.257 e. The monoisotopic (exact) mass is 353 g/mol. The Balaban J connectivity index is 1.92. The lowest BCUT2D eigenvalue weighted by molar-refractivity contribution is 0.102. The summed E-state index contributed by atoms with van der Waals surface area (Å²) in [5.74, 6) is -0.214. The highest BCUT2D eigenvalue weighted by molar-refractivity contribution is 7.98. The Bertz CT molecular complexity index is 862. The topological polar surface area (TPSA) is 29.1 Å². The molecule has 0 unspecified atom stereocenters. The summed E-state index contributed by atoms with van der Waals surface area (Å²) >= 11 is 7.81. The van der Waals surface area contributed by atoms with E-state index < -0.39 is 0 Å². The largest absolute Gasteiger partial charge is 0.321 e.